The van der Waals surface area contributed by atoms with Crippen molar-refractivity contribution in [3.63, 3.8) is 0 Å². The van der Waals surface area contributed by atoms with Crippen LogP contribution in [0.5, 0.6) is 0 Å². The molecule has 0 aliphatic carbocycles. The predicted octanol–water partition coefficient (Wildman–Crippen LogP) is 3.31. The summed E-state index contributed by atoms with van der Waals surface area (Å²) in [4.78, 5) is 0. The van der Waals surface area contributed by atoms with E-state index in [-0.39, 0.29) is 24.6 Å². The predicted molar refractivity (Wildman–Crippen MR) is 88.4 cm³/mol. The third-order valence-corrected chi connectivity index (χ3v) is 5.63. The molecule has 1 heterocycles. The van der Waals surface area contributed by atoms with Gasteiger partial charge in [-0.3, -0.25) is 0 Å². The third-order valence-electron chi connectivity index (χ3n) is 3.44. The average molecular weight is 339 g/mol. The van der Waals surface area contributed by atoms with Crippen molar-refractivity contribution in [3.8, 4) is 0 Å². The number of ether oxygens (including phenoxy) is 2. The Bertz CT molecular complexity index is 334. The monoisotopic (exact) mass is 339 g/mol. The molecule has 132 valence electrons. The van der Waals surface area contributed by atoms with Gasteiger partial charge in [0, 0.05) is 24.6 Å². The summed E-state index contributed by atoms with van der Waals surface area (Å²) in [5.41, 5.74) is 0. The second kappa shape index (κ2) is 10.1. The smallest absolute Gasteiger partial charge is 0.187 e. The molecule has 1 saturated heterocycles. The van der Waals surface area contributed by atoms with E-state index in [2.05, 4.69) is 37.5 Å². The van der Waals surface area contributed by atoms with Crippen LogP contribution in [0.15, 0.2) is 0 Å². The molecule has 0 radical (unpaired) electrons. The zero-order valence-electron chi connectivity index (χ0n) is 15.6. The highest BCUT2D eigenvalue weighted by Crippen LogP contribution is 2.43. The summed E-state index contributed by atoms with van der Waals surface area (Å²) in [6.45, 7) is 12.2. The molecule has 1 aliphatic heterocycles. The zero-order valence-corrected chi connectivity index (χ0v) is 15.5. The highest BCUT2D eigenvalue weighted by Gasteiger charge is 2.36. The van der Waals surface area contributed by atoms with E-state index >= 15 is 0 Å². The van der Waals surface area contributed by atoms with Gasteiger partial charge in [0.1, 0.15) is 19.0 Å². The van der Waals surface area contributed by atoms with E-state index in [1.54, 1.807) is 6.92 Å². The highest BCUT2D eigenvalue weighted by molar-refractivity contribution is 7.47. The molecule has 1 rings (SSSR count). The van der Waals surface area contributed by atoms with Crippen LogP contribution in [0.1, 0.15) is 42.9 Å². The van der Waals surface area contributed by atoms with E-state index < -0.39 is 27.3 Å². The number of nitrogens with one attached hydrogen (secondary N) is 1. The van der Waals surface area contributed by atoms with Crippen molar-refractivity contribution >= 4 is 8.45 Å². The fourth-order valence-corrected chi connectivity index (χ4v) is 4.17. The Kier molecular flexibility index (Phi) is 8.50. The standard InChI is InChI=1S/C15H32FN2O3P/c1-7-19-10-17-22(18(11(2)3)12(4)5)21-14-9-20-8-13(6)15(14)16/h11-15,17H,7-10H2,1-6H3/t13-,14-,15+,22?/m1/s1/i9D/t9-,13-,14-,15+,22?. The molecule has 0 aromatic carbocycles. The Hall–Kier alpha value is 0.160. The molecule has 1 fully saturated rings. The first kappa shape index (κ1) is 18.5. The van der Waals surface area contributed by atoms with E-state index in [0.29, 0.717) is 13.3 Å². The summed E-state index contributed by atoms with van der Waals surface area (Å²) in [5, 5.41) is 3.23. The van der Waals surface area contributed by atoms with Gasteiger partial charge in [0.25, 0.3) is 0 Å². The summed E-state index contributed by atoms with van der Waals surface area (Å²) in [5.74, 6) is -0.267. The van der Waals surface area contributed by atoms with Crippen molar-refractivity contribution in [2.45, 2.75) is 65.9 Å². The van der Waals surface area contributed by atoms with E-state index in [9.17, 15) is 4.39 Å². The number of hydrogen-bond acceptors (Lipinski definition) is 5. The second-order valence-corrected chi connectivity index (χ2v) is 7.63. The number of halogens is 1. The molecular weight excluding hydrogens is 306 g/mol. The molecule has 1 unspecified atom stereocenters. The lowest BCUT2D eigenvalue weighted by atomic mass is 10.0. The van der Waals surface area contributed by atoms with Gasteiger partial charge >= 0.3 is 0 Å². The number of hydrogen-bond donors (Lipinski definition) is 1. The Morgan fingerprint density at radius 3 is 2.59 bits per heavy atom. The molecule has 5 nitrogen and oxygen atoms in total. The molecule has 1 N–H and O–H groups in total. The maximum Gasteiger partial charge on any atom is 0.187 e. The Balaban J connectivity index is 2.85. The average Bonchev–Trinajstić information content (AvgIpc) is 2.46. The summed E-state index contributed by atoms with van der Waals surface area (Å²) in [6, 6.07) is 0.443. The van der Waals surface area contributed by atoms with Crippen LogP contribution in [0.3, 0.4) is 0 Å². The van der Waals surface area contributed by atoms with Crippen LogP contribution in [-0.4, -0.2) is 55.6 Å². The van der Waals surface area contributed by atoms with Crippen LogP contribution in [0.4, 0.5) is 4.39 Å². The maximum atomic E-state index is 14.5. The van der Waals surface area contributed by atoms with Crippen LogP contribution in [0.2, 0.25) is 0 Å². The number of rotatable bonds is 9. The van der Waals surface area contributed by atoms with Crippen molar-refractivity contribution in [1.29, 1.82) is 0 Å². The van der Waals surface area contributed by atoms with E-state index in [1.807, 2.05) is 6.92 Å². The van der Waals surface area contributed by atoms with E-state index in [1.165, 1.54) is 0 Å². The normalized spacial score (nSPS) is 31.8. The van der Waals surface area contributed by atoms with E-state index in [4.69, 9.17) is 15.4 Å². The van der Waals surface area contributed by atoms with Crippen molar-refractivity contribution in [3.05, 3.63) is 0 Å². The van der Waals surface area contributed by atoms with Gasteiger partial charge in [-0.05, 0) is 34.6 Å². The van der Waals surface area contributed by atoms with Gasteiger partial charge in [0.05, 0.1) is 14.6 Å². The maximum absolute atomic E-state index is 14.5. The summed E-state index contributed by atoms with van der Waals surface area (Å²) in [7, 11) is -1.29. The molecule has 0 amide bonds. The van der Waals surface area contributed by atoms with Crippen LogP contribution < -0.4 is 5.09 Å². The van der Waals surface area contributed by atoms with Gasteiger partial charge in [-0.25, -0.2) is 14.1 Å². The minimum atomic E-state index is -1.29. The van der Waals surface area contributed by atoms with Crippen LogP contribution in [0.25, 0.3) is 0 Å². The lowest BCUT2D eigenvalue weighted by Gasteiger charge is -2.40. The molecule has 5 atom stereocenters. The molecule has 7 heteroatoms. The fraction of sp³-hybridized carbons (Fsp3) is 1.00. The molecule has 0 bridgehead atoms. The SMILES string of the molecule is [2H][C@H]1OC[C@@H](C)[C@H](F)[C@@H]1OP(NCOCC)N(C(C)C)C(C)C. The Labute approximate surface area is 137 Å². The molecule has 0 spiro atoms. The van der Waals surface area contributed by atoms with Gasteiger partial charge in [-0.1, -0.05) is 6.92 Å². The minimum absolute atomic E-state index is 0.222. The first-order chi connectivity index (χ1) is 10.8. The van der Waals surface area contributed by atoms with Gasteiger partial charge < -0.3 is 14.0 Å². The van der Waals surface area contributed by atoms with Gasteiger partial charge in [0.2, 0.25) is 0 Å². The highest BCUT2D eigenvalue weighted by atomic mass is 31.2. The Morgan fingerprint density at radius 2 is 2.05 bits per heavy atom. The lowest BCUT2D eigenvalue weighted by molar-refractivity contribution is -0.0733. The van der Waals surface area contributed by atoms with E-state index in [0.717, 1.165) is 0 Å². The van der Waals surface area contributed by atoms with Crippen LogP contribution in [0, 0.1) is 5.92 Å². The molecule has 0 aromatic rings. The second-order valence-electron chi connectivity index (χ2n) is 6.10. The fourth-order valence-electron chi connectivity index (χ4n) is 2.38. The van der Waals surface area contributed by atoms with Gasteiger partial charge in [-0.15, -0.1) is 0 Å². The summed E-state index contributed by atoms with van der Waals surface area (Å²) in [6.07, 6.45) is -2.09. The number of nitrogens with zero attached hydrogens (tertiary/aromatic N) is 1. The minimum Gasteiger partial charge on any atom is -0.378 e. The lowest BCUT2D eigenvalue weighted by Crippen LogP contribution is -2.44. The first-order valence-electron chi connectivity index (χ1n) is 8.61. The molecule has 0 saturated carbocycles. The molecular formula is C15H32FN2O3P. The van der Waals surface area contributed by atoms with Crippen molar-refractivity contribution in [2.75, 3.05) is 26.5 Å². The molecule has 22 heavy (non-hydrogen) atoms. The summed E-state index contributed by atoms with van der Waals surface area (Å²) < 4.78 is 41.4. The van der Waals surface area contributed by atoms with Crippen LogP contribution >= 0.6 is 8.45 Å². The van der Waals surface area contributed by atoms with Gasteiger partial charge in [-0.2, -0.15) is 0 Å². The third kappa shape index (κ3) is 5.99. The van der Waals surface area contributed by atoms with Crippen molar-refractivity contribution < 1.29 is 19.8 Å². The molecule has 1 aliphatic rings. The van der Waals surface area contributed by atoms with Crippen LogP contribution in [-0.2, 0) is 14.0 Å². The zero-order chi connectivity index (χ0) is 17.6. The molecule has 0 aromatic heterocycles. The van der Waals surface area contributed by atoms with Crippen molar-refractivity contribution in [2.24, 2.45) is 5.92 Å². The summed E-state index contributed by atoms with van der Waals surface area (Å²) >= 11 is 0. The van der Waals surface area contributed by atoms with Gasteiger partial charge in [0.15, 0.2) is 8.45 Å². The largest absolute Gasteiger partial charge is 0.378 e. The first-order valence-corrected chi connectivity index (χ1v) is 9.25. The van der Waals surface area contributed by atoms with Crippen molar-refractivity contribution in [1.82, 2.24) is 9.76 Å². The topological polar surface area (TPSA) is 43.0 Å². The Morgan fingerprint density at radius 1 is 1.41 bits per heavy atom. The number of alkyl halides is 1. The quantitative estimate of drug-likeness (QED) is 0.397.